The second-order valence-corrected chi connectivity index (χ2v) is 13.2. The number of rotatable bonds is 7. The number of hydrogen-bond donors (Lipinski definition) is 1. The first-order valence-corrected chi connectivity index (χ1v) is 14.8. The van der Waals surface area contributed by atoms with Crippen molar-refractivity contribution in [3.8, 4) is 11.3 Å². The molecule has 0 aliphatic carbocycles. The molecule has 9 nitrogen and oxygen atoms in total. The minimum absolute atomic E-state index is 0.270. The molecule has 1 N–H and O–H groups in total. The number of carbonyl (C=O) groups excluding carboxylic acids is 3. The number of halogens is 2. The van der Waals surface area contributed by atoms with E-state index in [4.69, 9.17) is 9.72 Å². The van der Waals surface area contributed by atoms with E-state index in [-0.39, 0.29) is 30.8 Å². The maximum Gasteiger partial charge on any atom is 0.251 e. The highest BCUT2D eigenvalue weighted by molar-refractivity contribution is 7.14. The summed E-state index contributed by atoms with van der Waals surface area (Å²) in [6, 6.07) is 4.98. The number of ether oxygens (including phenoxy) is 1. The number of Topliss-reactive ketones (excluding diaryl/α,β-unsaturated/α-hetero) is 1. The van der Waals surface area contributed by atoms with Gasteiger partial charge < -0.3 is 24.8 Å². The molecule has 1 aromatic carbocycles. The quantitative estimate of drug-likeness (QED) is 0.530. The third-order valence-electron chi connectivity index (χ3n) is 7.96. The lowest BCUT2D eigenvalue weighted by Crippen LogP contribution is -2.53. The minimum Gasteiger partial charge on any atom is -0.367 e. The van der Waals surface area contributed by atoms with E-state index in [1.807, 2.05) is 38.3 Å². The summed E-state index contributed by atoms with van der Waals surface area (Å²) in [6.07, 6.45) is -3.48. The lowest BCUT2D eigenvalue weighted by atomic mass is 9.87. The van der Waals surface area contributed by atoms with Crippen LogP contribution >= 0.6 is 11.3 Å². The largest absolute Gasteiger partial charge is 0.367 e. The first kappa shape index (κ1) is 29.5. The maximum atomic E-state index is 13.7. The second kappa shape index (κ2) is 11.7. The number of likely N-dealkylation sites (N-methyl/N-ethyl adjacent to an activating group) is 1. The maximum absolute atomic E-state index is 13.7. The number of hydrogen-bond acceptors (Lipinski definition) is 8. The zero-order chi connectivity index (χ0) is 29.5. The highest BCUT2D eigenvalue weighted by atomic mass is 32.1. The van der Waals surface area contributed by atoms with Gasteiger partial charge in [-0.1, -0.05) is 32.9 Å². The number of amides is 2. The van der Waals surface area contributed by atoms with Crippen LogP contribution in [0.1, 0.15) is 37.6 Å². The summed E-state index contributed by atoms with van der Waals surface area (Å²) in [5.74, 6) is -2.62. The van der Waals surface area contributed by atoms with E-state index in [0.717, 1.165) is 42.6 Å². The van der Waals surface area contributed by atoms with Crippen molar-refractivity contribution in [2.24, 2.45) is 11.3 Å². The number of aromatic nitrogens is 1. The zero-order valence-corrected chi connectivity index (χ0v) is 24.6. The Hall–Kier alpha value is -2.96. The van der Waals surface area contributed by atoms with Crippen LogP contribution in [0.25, 0.3) is 11.3 Å². The lowest BCUT2D eigenvalue weighted by Gasteiger charge is -2.32. The molecule has 2 amide bonds. The number of alkyl halides is 2. The molecule has 1 aromatic heterocycles. The molecule has 0 unspecified atom stereocenters. The van der Waals surface area contributed by atoms with Crippen LogP contribution in [0.3, 0.4) is 0 Å². The fourth-order valence-corrected chi connectivity index (χ4v) is 6.62. The summed E-state index contributed by atoms with van der Waals surface area (Å²) in [4.78, 5) is 50.0. The summed E-state index contributed by atoms with van der Waals surface area (Å²) in [6.45, 7) is 9.05. The summed E-state index contributed by atoms with van der Waals surface area (Å²) in [5.41, 5.74) is 1.71. The molecule has 4 heterocycles. The molecule has 0 bridgehead atoms. The van der Waals surface area contributed by atoms with Gasteiger partial charge in [0.2, 0.25) is 12.3 Å². The molecule has 0 spiro atoms. The number of ketones is 1. The number of thiazole rings is 1. The van der Waals surface area contributed by atoms with Crippen molar-refractivity contribution in [1.82, 2.24) is 20.1 Å². The lowest BCUT2D eigenvalue weighted by molar-refractivity contribution is -0.138. The molecule has 5 rings (SSSR count). The Balaban J connectivity index is 1.29. The zero-order valence-electron chi connectivity index (χ0n) is 23.8. The van der Waals surface area contributed by atoms with E-state index in [1.165, 1.54) is 4.90 Å². The van der Waals surface area contributed by atoms with E-state index >= 15 is 0 Å². The Morgan fingerprint density at radius 2 is 1.83 bits per heavy atom. The van der Waals surface area contributed by atoms with Gasteiger partial charge in [0.25, 0.3) is 5.91 Å². The Morgan fingerprint density at radius 3 is 2.46 bits per heavy atom. The van der Waals surface area contributed by atoms with Gasteiger partial charge >= 0.3 is 0 Å². The standard InChI is InChI=1S/C29H37F2N5O4S/c1-29(2,3)13-20(27(39)36-14-19(25(30)31)24-23(36)22(37)15-40-24)32-26(38)18-7-5-17(6-8-18)21-16-41-28(33-21)35-11-9-34(4)10-12-35/h5-8,16,19-20,23-25H,9-15H2,1-4H3,(H,32,38)/t19-,20-,23+,24+/m0/s1. The van der Waals surface area contributed by atoms with Crippen molar-refractivity contribution in [3.05, 3.63) is 35.2 Å². The molecule has 3 fully saturated rings. The van der Waals surface area contributed by atoms with Crippen LogP contribution in [-0.4, -0.2) is 103 Å². The number of piperazine rings is 1. The third-order valence-corrected chi connectivity index (χ3v) is 8.86. The highest BCUT2D eigenvalue weighted by Gasteiger charge is 2.55. The number of carbonyl (C=O) groups is 3. The van der Waals surface area contributed by atoms with Gasteiger partial charge in [-0.25, -0.2) is 13.8 Å². The predicted octanol–water partition coefficient (Wildman–Crippen LogP) is 3.16. The molecule has 4 atom stereocenters. The third kappa shape index (κ3) is 6.44. The van der Waals surface area contributed by atoms with E-state index in [9.17, 15) is 23.2 Å². The fourth-order valence-electron chi connectivity index (χ4n) is 5.73. The van der Waals surface area contributed by atoms with Crippen molar-refractivity contribution < 1.29 is 27.9 Å². The van der Waals surface area contributed by atoms with Gasteiger partial charge in [0.15, 0.2) is 10.9 Å². The summed E-state index contributed by atoms with van der Waals surface area (Å²) in [5, 5.41) is 5.80. The van der Waals surface area contributed by atoms with Gasteiger partial charge in [-0.05, 0) is 31.0 Å². The monoisotopic (exact) mass is 589 g/mol. The van der Waals surface area contributed by atoms with Gasteiger partial charge in [-0.15, -0.1) is 11.3 Å². The van der Waals surface area contributed by atoms with Crippen LogP contribution in [0.4, 0.5) is 13.9 Å². The highest BCUT2D eigenvalue weighted by Crippen LogP contribution is 2.36. The molecule has 12 heteroatoms. The fraction of sp³-hybridized carbons (Fsp3) is 0.586. The molecule has 3 saturated heterocycles. The Kier molecular flexibility index (Phi) is 8.45. The van der Waals surface area contributed by atoms with Crippen LogP contribution < -0.4 is 10.2 Å². The van der Waals surface area contributed by atoms with Crippen molar-refractivity contribution >= 4 is 34.1 Å². The summed E-state index contributed by atoms with van der Waals surface area (Å²) < 4.78 is 32.8. The number of fused-ring (bicyclic) bond motifs is 1. The number of nitrogens with zero attached hydrogens (tertiary/aromatic N) is 4. The second-order valence-electron chi connectivity index (χ2n) is 12.3. The van der Waals surface area contributed by atoms with Crippen LogP contribution in [0.15, 0.2) is 29.6 Å². The summed E-state index contributed by atoms with van der Waals surface area (Å²) in [7, 11) is 2.11. The van der Waals surface area contributed by atoms with Gasteiger partial charge in [-0.3, -0.25) is 14.4 Å². The normalized spacial score (nSPS) is 24.2. The van der Waals surface area contributed by atoms with Crippen molar-refractivity contribution in [1.29, 1.82) is 0 Å². The van der Waals surface area contributed by atoms with E-state index in [0.29, 0.717) is 5.56 Å². The topological polar surface area (TPSA) is 95.1 Å². The van der Waals surface area contributed by atoms with Gasteiger partial charge in [0.1, 0.15) is 18.7 Å². The Labute approximate surface area is 242 Å². The molecule has 0 saturated carbocycles. The van der Waals surface area contributed by atoms with Gasteiger partial charge in [-0.2, -0.15) is 0 Å². The molecule has 41 heavy (non-hydrogen) atoms. The van der Waals surface area contributed by atoms with Crippen LogP contribution in [0.5, 0.6) is 0 Å². The Bertz CT molecular complexity index is 1270. The first-order chi connectivity index (χ1) is 19.4. The molecule has 222 valence electrons. The van der Waals surface area contributed by atoms with Crippen LogP contribution in [0, 0.1) is 11.3 Å². The number of benzene rings is 1. The Morgan fingerprint density at radius 1 is 1.15 bits per heavy atom. The predicted molar refractivity (Wildman–Crippen MR) is 152 cm³/mol. The minimum atomic E-state index is -2.73. The smallest absolute Gasteiger partial charge is 0.251 e. The van der Waals surface area contributed by atoms with Gasteiger partial charge in [0, 0.05) is 49.2 Å². The van der Waals surface area contributed by atoms with Crippen LogP contribution in [-0.2, 0) is 14.3 Å². The van der Waals surface area contributed by atoms with E-state index in [1.54, 1.807) is 23.5 Å². The van der Waals surface area contributed by atoms with Gasteiger partial charge in [0.05, 0.1) is 17.7 Å². The van der Waals surface area contributed by atoms with Crippen molar-refractivity contribution in [2.75, 3.05) is 51.3 Å². The van der Waals surface area contributed by atoms with E-state index in [2.05, 4.69) is 22.2 Å². The van der Waals surface area contributed by atoms with Crippen molar-refractivity contribution in [2.45, 2.75) is 51.8 Å². The molecule has 0 radical (unpaired) electrons. The molecule has 2 aromatic rings. The number of nitrogens with one attached hydrogen (secondary N) is 1. The average Bonchev–Trinajstić information content (AvgIpc) is 3.65. The average molecular weight is 590 g/mol. The van der Waals surface area contributed by atoms with Crippen LogP contribution in [0.2, 0.25) is 0 Å². The van der Waals surface area contributed by atoms with Crippen molar-refractivity contribution in [3.63, 3.8) is 0 Å². The number of likely N-dealkylation sites (tertiary alicyclic amines) is 1. The molecule has 3 aliphatic rings. The number of anilines is 1. The SMILES string of the molecule is CN1CCN(c2nc(-c3ccc(C(=O)N[C@@H](CC(C)(C)C)C(=O)N4C[C@H](C(F)F)[C@H]5OCC(=O)[C@H]54)cc3)cs2)CC1. The summed E-state index contributed by atoms with van der Waals surface area (Å²) >= 11 is 1.60. The molecular formula is C29H37F2N5O4S. The molecule has 3 aliphatic heterocycles. The van der Waals surface area contributed by atoms with E-state index < -0.39 is 42.3 Å². The molecular weight excluding hydrogens is 552 g/mol. The first-order valence-electron chi connectivity index (χ1n) is 13.9.